The highest BCUT2D eigenvalue weighted by molar-refractivity contribution is 5.31. The Hall–Kier alpha value is -2.08. The topological polar surface area (TPSA) is 42.4 Å². The summed E-state index contributed by atoms with van der Waals surface area (Å²) < 4.78 is 40.0. The first-order chi connectivity index (χ1) is 10.3. The number of rotatable bonds is 5. The Kier molecular flexibility index (Phi) is 5.03. The van der Waals surface area contributed by atoms with Crippen LogP contribution in [-0.4, -0.2) is 22.6 Å². The SMILES string of the molecule is CC(O)Cc1ccc(Cc2ccc(OC(F)(F)F)cc2)cn1. The molecular formula is C16H16F3NO2. The summed E-state index contributed by atoms with van der Waals surface area (Å²) in [6, 6.07) is 9.49. The van der Waals surface area contributed by atoms with Crippen molar-refractivity contribution in [3.05, 3.63) is 59.4 Å². The van der Waals surface area contributed by atoms with Crippen molar-refractivity contribution in [3.63, 3.8) is 0 Å². The Morgan fingerprint density at radius 3 is 2.23 bits per heavy atom. The lowest BCUT2D eigenvalue weighted by molar-refractivity contribution is -0.274. The van der Waals surface area contributed by atoms with E-state index in [2.05, 4.69) is 9.72 Å². The number of halogens is 3. The molecule has 6 heteroatoms. The zero-order valence-electron chi connectivity index (χ0n) is 12.0. The van der Waals surface area contributed by atoms with Crippen LogP contribution in [0.25, 0.3) is 0 Å². The van der Waals surface area contributed by atoms with Crippen molar-refractivity contribution in [2.24, 2.45) is 0 Å². The maximum Gasteiger partial charge on any atom is 0.573 e. The van der Waals surface area contributed by atoms with Crippen molar-refractivity contribution in [3.8, 4) is 5.75 Å². The van der Waals surface area contributed by atoms with Gasteiger partial charge in [0.25, 0.3) is 0 Å². The molecular weight excluding hydrogens is 295 g/mol. The first-order valence-corrected chi connectivity index (χ1v) is 6.78. The number of aromatic nitrogens is 1. The van der Waals surface area contributed by atoms with Crippen LogP contribution in [0.2, 0.25) is 0 Å². The molecule has 2 rings (SSSR count). The molecule has 0 radical (unpaired) electrons. The van der Waals surface area contributed by atoms with Gasteiger partial charge in [0.15, 0.2) is 0 Å². The van der Waals surface area contributed by atoms with Crippen molar-refractivity contribution in [1.29, 1.82) is 0 Å². The lowest BCUT2D eigenvalue weighted by atomic mass is 10.1. The molecule has 1 atom stereocenters. The van der Waals surface area contributed by atoms with Gasteiger partial charge in [-0.1, -0.05) is 18.2 Å². The number of aliphatic hydroxyl groups excluding tert-OH is 1. The first kappa shape index (κ1) is 16.3. The van der Waals surface area contributed by atoms with E-state index in [0.717, 1.165) is 16.8 Å². The van der Waals surface area contributed by atoms with Crippen molar-refractivity contribution in [2.75, 3.05) is 0 Å². The number of pyridine rings is 1. The van der Waals surface area contributed by atoms with Crippen molar-refractivity contribution < 1.29 is 23.0 Å². The smallest absolute Gasteiger partial charge is 0.406 e. The first-order valence-electron chi connectivity index (χ1n) is 6.78. The largest absolute Gasteiger partial charge is 0.573 e. The van der Waals surface area contributed by atoms with Crippen LogP contribution in [0, 0.1) is 0 Å². The normalized spacial score (nSPS) is 13.0. The van der Waals surface area contributed by atoms with Crippen molar-refractivity contribution in [2.45, 2.75) is 32.2 Å². The number of nitrogens with zero attached hydrogens (tertiary/aromatic N) is 1. The lowest BCUT2D eigenvalue weighted by Gasteiger charge is -2.09. The summed E-state index contributed by atoms with van der Waals surface area (Å²) in [6.07, 6.45) is -2.36. The standard InChI is InChI=1S/C16H16F3NO2/c1-11(21)8-14-5-2-13(10-20-14)9-12-3-6-15(7-4-12)22-16(17,18)19/h2-7,10-11,21H,8-9H2,1H3. The van der Waals surface area contributed by atoms with Crippen LogP contribution in [-0.2, 0) is 12.8 Å². The number of aliphatic hydroxyl groups is 1. The molecule has 0 spiro atoms. The van der Waals surface area contributed by atoms with Gasteiger partial charge >= 0.3 is 6.36 Å². The molecule has 0 bridgehead atoms. The van der Waals surface area contributed by atoms with E-state index in [-0.39, 0.29) is 5.75 Å². The summed E-state index contributed by atoms with van der Waals surface area (Å²) in [7, 11) is 0. The van der Waals surface area contributed by atoms with Gasteiger partial charge < -0.3 is 9.84 Å². The summed E-state index contributed by atoms with van der Waals surface area (Å²) in [5.41, 5.74) is 2.60. The number of benzene rings is 1. The highest BCUT2D eigenvalue weighted by Gasteiger charge is 2.30. The summed E-state index contributed by atoms with van der Waals surface area (Å²) >= 11 is 0. The summed E-state index contributed by atoms with van der Waals surface area (Å²) in [4.78, 5) is 4.25. The maximum atomic E-state index is 12.1. The van der Waals surface area contributed by atoms with E-state index in [1.807, 2.05) is 12.1 Å². The van der Waals surface area contributed by atoms with E-state index in [9.17, 15) is 18.3 Å². The number of hydrogen-bond donors (Lipinski definition) is 1. The Labute approximate surface area is 126 Å². The number of alkyl halides is 3. The molecule has 0 saturated heterocycles. The summed E-state index contributed by atoms with van der Waals surface area (Å²) in [5, 5.41) is 9.28. The summed E-state index contributed by atoms with van der Waals surface area (Å²) in [5.74, 6) is -0.235. The molecule has 1 aromatic carbocycles. The van der Waals surface area contributed by atoms with E-state index < -0.39 is 12.5 Å². The Balaban J connectivity index is 1.98. The molecule has 2 aromatic rings. The zero-order valence-corrected chi connectivity index (χ0v) is 12.0. The average molecular weight is 311 g/mol. The third-order valence-electron chi connectivity index (χ3n) is 2.96. The molecule has 0 aliphatic heterocycles. The minimum Gasteiger partial charge on any atom is -0.406 e. The van der Waals surface area contributed by atoms with E-state index in [0.29, 0.717) is 12.8 Å². The van der Waals surface area contributed by atoms with Crippen LogP contribution in [0.1, 0.15) is 23.7 Å². The van der Waals surface area contributed by atoms with Gasteiger partial charge in [0, 0.05) is 18.3 Å². The molecule has 0 saturated carbocycles. The van der Waals surface area contributed by atoms with Crippen LogP contribution < -0.4 is 4.74 Å². The second-order valence-electron chi connectivity index (χ2n) is 5.08. The molecule has 1 heterocycles. The Morgan fingerprint density at radius 1 is 1.09 bits per heavy atom. The Morgan fingerprint density at radius 2 is 1.73 bits per heavy atom. The molecule has 0 amide bonds. The molecule has 0 aliphatic carbocycles. The predicted molar refractivity (Wildman–Crippen MR) is 75.6 cm³/mol. The number of ether oxygens (including phenoxy) is 1. The van der Waals surface area contributed by atoms with Crippen molar-refractivity contribution >= 4 is 0 Å². The van der Waals surface area contributed by atoms with Gasteiger partial charge in [-0.25, -0.2) is 0 Å². The fourth-order valence-electron chi connectivity index (χ4n) is 2.03. The van der Waals surface area contributed by atoms with Crippen LogP contribution >= 0.6 is 0 Å². The van der Waals surface area contributed by atoms with Gasteiger partial charge in [-0.2, -0.15) is 0 Å². The quantitative estimate of drug-likeness (QED) is 0.919. The van der Waals surface area contributed by atoms with Crippen molar-refractivity contribution in [1.82, 2.24) is 4.98 Å². The molecule has 1 N–H and O–H groups in total. The van der Waals surface area contributed by atoms with Gasteiger partial charge in [0.1, 0.15) is 5.75 Å². The van der Waals surface area contributed by atoms with E-state index >= 15 is 0 Å². The molecule has 0 aliphatic rings. The molecule has 1 aromatic heterocycles. The molecule has 22 heavy (non-hydrogen) atoms. The van der Waals surface area contributed by atoms with Gasteiger partial charge in [0.05, 0.1) is 6.10 Å². The van der Waals surface area contributed by atoms with Gasteiger partial charge in [0.2, 0.25) is 0 Å². The lowest BCUT2D eigenvalue weighted by Crippen LogP contribution is -2.17. The fourth-order valence-corrected chi connectivity index (χ4v) is 2.03. The minimum absolute atomic E-state index is 0.235. The van der Waals surface area contributed by atoms with E-state index in [4.69, 9.17) is 0 Å². The second kappa shape index (κ2) is 6.79. The van der Waals surface area contributed by atoms with Crippen LogP contribution in [0.3, 0.4) is 0 Å². The van der Waals surface area contributed by atoms with E-state index in [1.54, 1.807) is 25.3 Å². The fraction of sp³-hybridized carbons (Fsp3) is 0.312. The third kappa shape index (κ3) is 5.37. The molecule has 0 fully saturated rings. The minimum atomic E-state index is -4.68. The monoisotopic (exact) mass is 311 g/mol. The number of hydrogen-bond acceptors (Lipinski definition) is 3. The van der Waals surface area contributed by atoms with Gasteiger partial charge in [-0.05, 0) is 42.7 Å². The molecule has 118 valence electrons. The average Bonchev–Trinajstić information content (AvgIpc) is 2.41. The second-order valence-corrected chi connectivity index (χ2v) is 5.08. The van der Waals surface area contributed by atoms with Crippen LogP contribution in [0.15, 0.2) is 42.6 Å². The van der Waals surface area contributed by atoms with E-state index in [1.165, 1.54) is 12.1 Å². The summed E-state index contributed by atoms with van der Waals surface area (Å²) in [6.45, 7) is 1.69. The molecule has 1 unspecified atom stereocenters. The Bertz CT molecular complexity index is 592. The van der Waals surface area contributed by atoms with Gasteiger partial charge in [-0.3, -0.25) is 4.98 Å². The maximum absolute atomic E-state index is 12.1. The van der Waals surface area contributed by atoms with Gasteiger partial charge in [-0.15, -0.1) is 13.2 Å². The third-order valence-corrected chi connectivity index (χ3v) is 2.96. The molecule has 3 nitrogen and oxygen atoms in total. The highest BCUT2D eigenvalue weighted by Crippen LogP contribution is 2.23. The van der Waals surface area contributed by atoms with Crippen LogP contribution in [0.4, 0.5) is 13.2 Å². The van der Waals surface area contributed by atoms with Crippen LogP contribution in [0.5, 0.6) is 5.75 Å². The zero-order chi connectivity index (χ0) is 16.2. The highest BCUT2D eigenvalue weighted by atomic mass is 19.4. The predicted octanol–water partition coefficient (Wildman–Crippen LogP) is 3.49.